The highest BCUT2D eigenvalue weighted by Gasteiger charge is 2.24. The lowest BCUT2D eigenvalue weighted by Crippen LogP contribution is -2.42. The van der Waals surface area contributed by atoms with Gasteiger partial charge in [-0.3, -0.25) is 14.4 Å². The molecule has 2 aromatic carbocycles. The highest BCUT2D eigenvalue weighted by atomic mass is 19.1. The number of hydrogen-bond acceptors (Lipinski definition) is 12. The zero-order chi connectivity index (χ0) is 38.8. The third-order valence-electron chi connectivity index (χ3n) is 9.34. The van der Waals surface area contributed by atoms with Gasteiger partial charge in [-0.15, -0.1) is 0 Å². The molecule has 2 aromatic heterocycles. The lowest BCUT2D eigenvalue weighted by molar-refractivity contribution is -0.131. The van der Waals surface area contributed by atoms with Crippen molar-refractivity contribution in [3.05, 3.63) is 94.6 Å². The number of aromatic nitrogens is 2. The summed E-state index contributed by atoms with van der Waals surface area (Å²) in [6, 6.07) is 14.6. The molecule has 286 valence electrons. The van der Waals surface area contributed by atoms with Crippen molar-refractivity contribution in [2.45, 2.75) is 51.1 Å². The Bertz CT molecular complexity index is 1970. The summed E-state index contributed by atoms with van der Waals surface area (Å²) in [7, 11) is 2.84. The van der Waals surface area contributed by atoms with Crippen LogP contribution in [0.4, 0.5) is 32.1 Å². The number of hydrogen-bond donors (Lipinski definition) is 5. The quantitative estimate of drug-likeness (QED) is 0.129. The first-order chi connectivity index (χ1) is 26.0. The van der Waals surface area contributed by atoms with Crippen LogP contribution < -0.4 is 36.9 Å². The molecule has 15 heteroatoms. The van der Waals surface area contributed by atoms with Crippen molar-refractivity contribution < 1.29 is 32.6 Å². The molecule has 0 unspecified atom stereocenters. The van der Waals surface area contributed by atoms with Crippen molar-refractivity contribution in [1.29, 1.82) is 0 Å². The molecule has 54 heavy (non-hydrogen) atoms. The Morgan fingerprint density at radius 3 is 1.57 bits per heavy atom. The van der Waals surface area contributed by atoms with Crippen molar-refractivity contribution >= 4 is 40.7 Å². The van der Waals surface area contributed by atoms with Crippen LogP contribution in [0.15, 0.2) is 60.7 Å². The number of nitrogens with zero attached hydrogens (tertiary/aromatic N) is 3. The fraction of sp³-hybridized carbons (Fsp3) is 0.359. The van der Waals surface area contributed by atoms with E-state index in [1.807, 2.05) is 11.8 Å². The second-order valence-corrected chi connectivity index (χ2v) is 12.9. The molecule has 0 radical (unpaired) electrons. The van der Waals surface area contributed by atoms with Gasteiger partial charge in [0.25, 0.3) is 0 Å². The Balaban J connectivity index is 0.000000210. The van der Waals surface area contributed by atoms with Crippen molar-refractivity contribution in [3.63, 3.8) is 0 Å². The molecule has 13 nitrogen and oxygen atoms in total. The van der Waals surface area contributed by atoms with Crippen LogP contribution in [0.1, 0.15) is 70.9 Å². The van der Waals surface area contributed by atoms with Crippen LogP contribution in [0, 0.1) is 11.6 Å². The van der Waals surface area contributed by atoms with E-state index in [0.717, 1.165) is 50.9 Å². The number of nitrogens with two attached hydrogens (primary N) is 2. The van der Waals surface area contributed by atoms with E-state index >= 15 is 0 Å². The number of nitrogen functional groups attached to an aromatic ring is 2. The molecular formula is C39H46F2N8O5. The number of likely N-dealkylation sites (tertiary alicyclic amines) is 1. The number of benzene rings is 2. The molecule has 0 aliphatic carbocycles. The monoisotopic (exact) mass is 744 g/mol. The number of carbonyl (C=O) groups is 3. The van der Waals surface area contributed by atoms with Crippen LogP contribution in [-0.2, 0) is 4.79 Å². The number of rotatable bonds is 11. The highest BCUT2D eigenvalue weighted by molar-refractivity contribution is 6.14. The zero-order valence-corrected chi connectivity index (χ0v) is 30.6. The van der Waals surface area contributed by atoms with Gasteiger partial charge >= 0.3 is 0 Å². The van der Waals surface area contributed by atoms with Crippen molar-refractivity contribution in [2.75, 3.05) is 62.5 Å². The average Bonchev–Trinajstić information content (AvgIpc) is 3.18. The molecule has 0 saturated carbocycles. The van der Waals surface area contributed by atoms with Crippen LogP contribution >= 0.6 is 0 Å². The van der Waals surface area contributed by atoms with Crippen molar-refractivity contribution in [1.82, 2.24) is 20.2 Å². The maximum absolute atomic E-state index is 13.6. The lowest BCUT2D eigenvalue weighted by Gasteiger charge is -2.32. The molecule has 1 amide bonds. The fourth-order valence-corrected chi connectivity index (χ4v) is 6.38. The normalized spacial score (nSPS) is 14.7. The molecule has 0 bridgehead atoms. The van der Waals surface area contributed by atoms with Crippen LogP contribution in [-0.4, -0.2) is 84.8 Å². The summed E-state index contributed by atoms with van der Waals surface area (Å²) in [5, 5.41) is 9.94. The smallest absolute Gasteiger partial charge is 0.222 e. The molecule has 2 fully saturated rings. The SMILES string of the molecule is CCC(=O)N1CCC(Nc2ccc(C(=O)c3cc(F)ccc3OC)c(N)n2)CC1.COc1ccc(F)cc1C(=O)c1ccc(NC2CCNCC2)nc1N. The van der Waals surface area contributed by atoms with Gasteiger partial charge in [0.05, 0.1) is 36.5 Å². The third kappa shape index (κ3) is 9.77. The maximum atomic E-state index is 13.6. The molecule has 2 aliphatic rings. The topological polar surface area (TPSA) is 187 Å². The molecular weight excluding hydrogens is 698 g/mol. The van der Waals surface area contributed by atoms with Gasteiger partial charge in [0.15, 0.2) is 0 Å². The van der Waals surface area contributed by atoms with Gasteiger partial charge in [-0.05, 0) is 99.4 Å². The van der Waals surface area contributed by atoms with Crippen LogP contribution in [0.5, 0.6) is 11.5 Å². The van der Waals surface area contributed by atoms with Crippen molar-refractivity contribution in [2.24, 2.45) is 0 Å². The van der Waals surface area contributed by atoms with E-state index in [2.05, 4.69) is 25.9 Å². The molecule has 4 heterocycles. The zero-order valence-electron chi connectivity index (χ0n) is 30.6. The summed E-state index contributed by atoms with van der Waals surface area (Å²) in [6.45, 7) is 5.19. The van der Waals surface area contributed by atoms with Crippen LogP contribution in [0.2, 0.25) is 0 Å². The minimum atomic E-state index is -0.535. The number of methoxy groups -OCH3 is 2. The predicted molar refractivity (Wildman–Crippen MR) is 203 cm³/mol. The molecule has 2 saturated heterocycles. The summed E-state index contributed by atoms with van der Waals surface area (Å²) in [5.41, 5.74) is 12.6. The standard InChI is InChI=1S/C21H25FN4O3.C18H21FN4O2/c1-3-19(27)26-10-8-14(9-11-26)24-18-7-5-15(21(23)25-18)20(28)16-12-13(22)4-6-17(16)29-2;1-25-15-4-2-11(19)10-14(15)17(24)13-3-5-16(23-18(13)20)22-12-6-8-21-9-7-12/h4-7,12,14H,3,8-11H2,1-2H3,(H3,23,24,25);2-5,10,12,21H,6-9H2,1H3,(H3,20,22,23). The summed E-state index contributed by atoms with van der Waals surface area (Å²) >= 11 is 0. The van der Waals surface area contributed by atoms with E-state index < -0.39 is 23.2 Å². The Labute approximate surface area is 312 Å². The number of carbonyl (C=O) groups excluding carboxylic acids is 3. The molecule has 7 N–H and O–H groups in total. The van der Waals surface area contributed by atoms with Gasteiger partial charge in [0.1, 0.15) is 46.4 Å². The van der Waals surface area contributed by atoms with E-state index in [9.17, 15) is 23.2 Å². The van der Waals surface area contributed by atoms with Gasteiger partial charge in [-0.1, -0.05) is 6.92 Å². The second-order valence-electron chi connectivity index (χ2n) is 12.9. The van der Waals surface area contributed by atoms with Gasteiger partial charge in [-0.25, -0.2) is 18.7 Å². The Morgan fingerprint density at radius 1 is 0.722 bits per heavy atom. The number of anilines is 4. The van der Waals surface area contributed by atoms with Gasteiger partial charge in [-0.2, -0.15) is 0 Å². The number of piperidine rings is 2. The average molecular weight is 745 g/mol. The van der Waals surface area contributed by atoms with E-state index in [1.165, 1.54) is 38.5 Å². The van der Waals surface area contributed by atoms with E-state index in [-0.39, 0.29) is 51.6 Å². The largest absolute Gasteiger partial charge is 0.496 e. The number of nitrogens with one attached hydrogen (secondary N) is 3. The minimum absolute atomic E-state index is 0.0601. The second kappa shape index (κ2) is 18.3. The fourth-order valence-electron chi connectivity index (χ4n) is 6.38. The highest BCUT2D eigenvalue weighted by Crippen LogP contribution is 2.27. The Kier molecular flexibility index (Phi) is 13.3. The Morgan fingerprint density at radius 2 is 1.17 bits per heavy atom. The third-order valence-corrected chi connectivity index (χ3v) is 9.34. The molecule has 6 rings (SSSR count). The predicted octanol–water partition coefficient (Wildman–Crippen LogP) is 5.06. The summed E-state index contributed by atoms with van der Waals surface area (Å²) in [4.78, 5) is 47.7. The lowest BCUT2D eigenvalue weighted by atomic mass is 10.0. The van der Waals surface area contributed by atoms with E-state index in [4.69, 9.17) is 20.9 Å². The summed E-state index contributed by atoms with van der Waals surface area (Å²) < 4.78 is 37.4. The number of ether oxygens (including phenoxy) is 2. The molecule has 4 aromatic rings. The number of halogens is 2. The van der Waals surface area contributed by atoms with Gasteiger partial charge in [0, 0.05) is 31.6 Å². The molecule has 0 spiro atoms. The first kappa shape index (κ1) is 39.4. The molecule has 0 atom stereocenters. The van der Waals surface area contributed by atoms with Gasteiger partial charge in [0.2, 0.25) is 17.5 Å². The van der Waals surface area contributed by atoms with Crippen LogP contribution in [0.25, 0.3) is 0 Å². The maximum Gasteiger partial charge on any atom is 0.222 e. The summed E-state index contributed by atoms with van der Waals surface area (Å²) in [5.74, 6) is 0.166. The first-order valence-corrected chi connectivity index (χ1v) is 17.8. The summed E-state index contributed by atoms with van der Waals surface area (Å²) in [6.07, 6.45) is 4.15. The Hall–Kier alpha value is -5.83. The number of amides is 1. The van der Waals surface area contributed by atoms with Crippen LogP contribution in [0.3, 0.4) is 0 Å². The van der Waals surface area contributed by atoms with E-state index in [0.29, 0.717) is 42.9 Å². The number of ketones is 2. The minimum Gasteiger partial charge on any atom is -0.496 e. The number of pyridine rings is 2. The first-order valence-electron chi connectivity index (χ1n) is 17.8. The van der Waals surface area contributed by atoms with Crippen molar-refractivity contribution in [3.8, 4) is 11.5 Å². The van der Waals surface area contributed by atoms with Gasteiger partial charge < -0.3 is 41.8 Å². The van der Waals surface area contributed by atoms with E-state index in [1.54, 1.807) is 24.3 Å². The molecule has 2 aliphatic heterocycles.